The van der Waals surface area contributed by atoms with E-state index in [1.54, 1.807) is 7.11 Å². The molecular weight excluding hydrogens is 719 g/mol. The minimum absolute atomic E-state index is 0.220. The molecule has 294 valence electrons. The average Bonchev–Trinajstić information content (AvgIpc) is 3.65. The number of benzene rings is 5. The highest BCUT2D eigenvalue weighted by Crippen LogP contribution is 2.30. The second-order valence-corrected chi connectivity index (χ2v) is 14.0. The van der Waals surface area contributed by atoms with Crippen molar-refractivity contribution in [3.63, 3.8) is 0 Å². The third kappa shape index (κ3) is 12.0. The zero-order valence-electron chi connectivity index (χ0n) is 32.1. The highest BCUT2D eigenvalue weighted by atomic mass is 16.5. The van der Waals surface area contributed by atoms with Gasteiger partial charge in [0.2, 0.25) is 11.8 Å². The molecule has 2 amide bonds. The number of rotatable bonds is 21. The highest BCUT2D eigenvalue weighted by molar-refractivity contribution is 5.91. The van der Waals surface area contributed by atoms with Gasteiger partial charge in [0.1, 0.15) is 25.0 Å². The van der Waals surface area contributed by atoms with Crippen LogP contribution < -0.4 is 24.8 Å². The van der Waals surface area contributed by atoms with Crippen LogP contribution in [0.2, 0.25) is 0 Å². The number of hydrogen-bond donors (Lipinski definition) is 4. The predicted molar refractivity (Wildman–Crippen MR) is 220 cm³/mol. The molecule has 0 aliphatic rings. The van der Waals surface area contributed by atoms with Crippen LogP contribution in [0.25, 0.3) is 10.9 Å². The molecule has 0 bridgehead atoms. The van der Waals surface area contributed by atoms with E-state index in [-0.39, 0.29) is 18.7 Å². The number of carbonyl (C=O) groups excluding carboxylic acids is 2. The van der Waals surface area contributed by atoms with Gasteiger partial charge in [-0.25, -0.2) is 0 Å². The van der Waals surface area contributed by atoms with Crippen LogP contribution in [0.5, 0.6) is 17.2 Å². The number of H-pyrrole nitrogens is 1. The SMILES string of the molecule is COc1ccc(CCC[C@H](CC(=O)O)C(=O)N[C@@H](Cc2c[nH]c3ccccc23)C(=O)NCCc2ccc(OCc3ccccc3)c(OCc3ccccc3)c2)cc1. The van der Waals surface area contributed by atoms with Gasteiger partial charge in [0.25, 0.3) is 0 Å². The summed E-state index contributed by atoms with van der Waals surface area (Å²) < 4.78 is 17.7. The van der Waals surface area contributed by atoms with E-state index in [1.165, 1.54) is 0 Å². The maximum absolute atomic E-state index is 13.9. The molecule has 0 fully saturated rings. The Morgan fingerprint density at radius 2 is 1.35 bits per heavy atom. The van der Waals surface area contributed by atoms with Gasteiger partial charge in [0, 0.05) is 36.0 Å². The van der Waals surface area contributed by atoms with Crippen molar-refractivity contribution in [2.45, 2.75) is 57.8 Å². The summed E-state index contributed by atoms with van der Waals surface area (Å²) in [7, 11) is 1.61. The van der Waals surface area contributed by atoms with Crippen LogP contribution >= 0.6 is 0 Å². The van der Waals surface area contributed by atoms with Crippen molar-refractivity contribution in [3.8, 4) is 17.2 Å². The van der Waals surface area contributed by atoms with Crippen molar-refractivity contribution < 1.29 is 33.7 Å². The van der Waals surface area contributed by atoms with E-state index >= 15 is 0 Å². The summed E-state index contributed by atoms with van der Waals surface area (Å²) in [6, 6.07) is 40.1. The fraction of sp³-hybridized carbons (Fsp3) is 0.255. The molecule has 10 heteroatoms. The van der Waals surface area contributed by atoms with Crippen molar-refractivity contribution in [1.29, 1.82) is 0 Å². The second kappa shape index (κ2) is 20.4. The summed E-state index contributed by atoms with van der Waals surface area (Å²) in [5, 5.41) is 16.6. The van der Waals surface area contributed by atoms with Gasteiger partial charge in [0.05, 0.1) is 13.5 Å². The van der Waals surface area contributed by atoms with Gasteiger partial charge in [-0.3, -0.25) is 14.4 Å². The van der Waals surface area contributed by atoms with Crippen molar-refractivity contribution in [3.05, 3.63) is 161 Å². The standard InChI is InChI=1S/C47H49N3O7/c1-55-39-22-19-33(20-23-39)15-10-16-37(29-45(51)52)46(53)50-42(28-38-30-49-41-18-9-8-17-40(38)41)47(54)48-26-25-34-21-24-43(56-31-35-11-4-2-5-12-35)44(27-34)57-32-36-13-6-3-7-14-36/h2-9,11-14,17-24,27,30,37,42,49H,10,15-16,25-26,28-29,31-32H2,1H3,(H,48,54)(H,50,53)(H,51,52)/t37-,42+/m1/s1. The van der Waals surface area contributed by atoms with Crippen LogP contribution in [0.15, 0.2) is 134 Å². The van der Waals surface area contributed by atoms with E-state index in [0.29, 0.717) is 56.9 Å². The van der Waals surface area contributed by atoms with Crippen molar-refractivity contribution in [2.75, 3.05) is 13.7 Å². The largest absolute Gasteiger partial charge is 0.497 e. The van der Waals surface area contributed by atoms with Gasteiger partial charge in [-0.1, -0.05) is 97.1 Å². The van der Waals surface area contributed by atoms with Gasteiger partial charge in [-0.2, -0.15) is 0 Å². The zero-order valence-corrected chi connectivity index (χ0v) is 32.1. The van der Waals surface area contributed by atoms with E-state index in [0.717, 1.165) is 44.5 Å². The van der Waals surface area contributed by atoms with Crippen molar-refractivity contribution in [1.82, 2.24) is 15.6 Å². The number of amides is 2. The minimum Gasteiger partial charge on any atom is -0.497 e. The van der Waals surface area contributed by atoms with Gasteiger partial charge in [-0.05, 0) is 83.8 Å². The number of aryl methyl sites for hydroxylation is 1. The fourth-order valence-corrected chi connectivity index (χ4v) is 6.76. The summed E-state index contributed by atoms with van der Waals surface area (Å²) >= 11 is 0. The monoisotopic (exact) mass is 767 g/mol. The van der Waals surface area contributed by atoms with Crippen molar-refractivity contribution >= 4 is 28.7 Å². The predicted octanol–water partition coefficient (Wildman–Crippen LogP) is 7.83. The molecule has 1 aromatic heterocycles. The third-order valence-corrected chi connectivity index (χ3v) is 9.90. The Labute approximate surface area is 333 Å². The van der Waals surface area contributed by atoms with E-state index in [2.05, 4.69) is 15.6 Å². The number of hydrogen-bond acceptors (Lipinski definition) is 6. The Morgan fingerprint density at radius 1 is 0.702 bits per heavy atom. The molecule has 0 saturated carbocycles. The topological polar surface area (TPSA) is 139 Å². The second-order valence-electron chi connectivity index (χ2n) is 14.0. The van der Waals surface area contributed by atoms with E-state index < -0.39 is 23.8 Å². The Hall–Kier alpha value is -6.55. The molecule has 0 unspecified atom stereocenters. The Kier molecular flexibility index (Phi) is 14.4. The summed E-state index contributed by atoms with van der Waals surface area (Å²) in [5.74, 6) is -0.732. The van der Waals surface area contributed by atoms with E-state index in [4.69, 9.17) is 14.2 Å². The lowest BCUT2D eigenvalue weighted by molar-refractivity contribution is -0.141. The summed E-state index contributed by atoms with van der Waals surface area (Å²) in [6.07, 6.45) is 3.85. The lowest BCUT2D eigenvalue weighted by Crippen LogP contribution is -2.50. The first-order valence-electron chi connectivity index (χ1n) is 19.3. The number of carboxylic acid groups (broad SMARTS) is 1. The number of aromatic nitrogens is 1. The number of fused-ring (bicyclic) bond motifs is 1. The average molecular weight is 768 g/mol. The number of ether oxygens (including phenoxy) is 3. The van der Waals surface area contributed by atoms with E-state index in [1.807, 2.05) is 134 Å². The molecule has 6 aromatic rings. The molecule has 6 rings (SSSR count). The number of carbonyl (C=O) groups is 3. The first-order chi connectivity index (χ1) is 27.8. The first kappa shape index (κ1) is 40.1. The van der Waals surface area contributed by atoms with Gasteiger partial charge in [-0.15, -0.1) is 0 Å². The number of aromatic amines is 1. The lowest BCUT2D eigenvalue weighted by atomic mass is 9.94. The van der Waals surface area contributed by atoms with Gasteiger partial charge >= 0.3 is 5.97 Å². The number of para-hydroxylation sites is 1. The number of methoxy groups -OCH3 is 1. The molecule has 1 heterocycles. The lowest BCUT2D eigenvalue weighted by Gasteiger charge is -2.22. The molecule has 57 heavy (non-hydrogen) atoms. The van der Waals surface area contributed by atoms with Gasteiger partial charge in [0.15, 0.2) is 11.5 Å². The molecule has 10 nitrogen and oxygen atoms in total. The number of carboxylic acids is 1. The normalized spacial score (nSPS) is 12.0. The van der Waals surface area contributed by atoms with Crippen LogP contribution in [-0.4, -0.2) is 47.6 Å². The maximum Gasteiger partial charge on any atom is 0.304 e. The molecular formula is C47H49N3O7. The summed E-state index contributed by atoms with van der Waals surface area (Å²) in [5.41, 5.74) is 5.84. The van der Waals surface area contributed by atoms with Crippen LogP contribution in [0, 0.1) is 5.92 Å². The Balaban J connectivity index is 1.13. The Morgan fingerprint density at radius 3 is 2.04 bits per heavy atom. The molecule has 0 saturated heterocycles. The minimum atomic E-state index is -1.07. The first-order valence-corrected chi connectivity index (χ1v) is 19.3. The molecule has 0 radical (unpaired) electrons. The molecule has 2 atom stereocenters. The maximum atomic E-state index is 13.9. The number of nitrogens with one attached hydrogen (secondary N) is 3. The number of aliphatic carboxylic acids is 1. The van der Waals surface area contributed by atoms with Crippen molar-refractivity contribution in [2.24, 2.45) is 5.92 Å². The molecule has 4 N–H and O–H groups in total. The molecule has 0 aliphatic heterocycles. The van der Waals surface area contributed by atoms with Gasteiger partial charge < -0.3 is 34.9 Å². The van der Waals surface area contributed by atoms with Crippen LogP contribution in [0.3, 0.4) is 0 Å². The smallest absolute Gasteiger partial charge is 0.304 e. The molecule has 0 aliphatic carbocycles. The zero-order chi connectivity index (χ0) is 39.8. The van der Waals surface area contributed by atoms with Crippen LogP contribution in [-0.2, 0) is 46.9 Å². The van der Waals surface area contributed by atoms with Crippen LogP contribution in [0.4, 0.5) is 0 Å². The quantitative estimate of drug-likeness (QED) is 0.0586. The summed E-state index contributed by atoms with van der Waals surface area (Å²) in [4.78, 5) is 42.8. The Bertz CT molecular complexity index is 2200. The third-order valence-electron chi connectivity index (χ3n) is 9.90. The summed E-state index contributed by atoms with van der Waals surface area (Å²) in [6.45, 7) is 1.04. The van der Waals surface area contributed by atoms with E-state index in [9.17, 15) is 19.5 Å². The molecule has 5 aromatic carbocycles. The van der Waals surface area contributed by atoms with Crippen LogP contribution in [0.1, 0.15) is 47.1 Å². The highest BCUT2D eigenvalue weighted by Gasteiger charge is 2.28. The molecule has 0 spiro atoms. The fourth-order valence-electron chi connectivity index (χ4n) is 6.76.